The van der Waals surface area contributed by atoms with Crippen molar-refractivity contribution >= 4 is 0 Å². The van der Waals surface area contributed by atoms with Crippen molar-refractivity contribution in [1.29, 1.82) is 0 Å². The average molecular weight is 278 g/mol. The van der Waals surface area contributed by atoms with E-state index in [0.29, 0.717) is 5.56 Å². The first kappa shape index (κ1) is 13.2. The van der Waals surface area contributed by atoms with Crippen LogP contribution < -0.4 is 0 Å². The minimum Gasteiger partial charge on any atom is -0.364 e. The lowest BCUT2D eigenvalue weighted by Crippen LogP contribution is -2.05. The zero-order chi connectivity index (χ0) is 14.2. The lowest BCUT2D eigenvalue weighted by Gasteiger charge is -2.07. The van der Waals surface area contributed by atoms with Gasteiger partial charge in [0.15, 0.2) is 0 Å². The Labute approximate surface area is 115 Å². The van der Waals surface area contributed by atoms with Crippen molar-refractivity contribution in [2.24, 2.45) is 0 Å². The first-order chi connectivity index (χ1) is 9.54. The van der Waals surface area contributed by atoms with Crippen LogP contribution in [-0.2, 0) is 17.3 Å². The van der Waals surface area contributed by atoms with Gasteiger partial charge in [-0.2, -0.15) is 13.2 Å². The fraction of sp³-hybridized carbons (Fsp3) is 0.250. The lowest BCUT2D eigenvalue weighted by atomic mass is 10.0. The Bertz CT molecular complexity index is 592. The normalized spacial score (nSPS) is 21.8. The van der Waals surface area contributed by atoms with Crippen LogP contribution in [0.15, 0.2) is 54.6 Å². The molecule has 1 aliphatic rings. The van der Waals surface area contributed by atoms with Gasteiger partial charge >= 0.3 is 6.18 Å². The number of alkyl halides is 3. The number of halogens is 3. The summed E-state index contributed by atoms with van der Waals surface area (Å²) in [5.74, 6) is 0. The maximum Gasteiger partial charge on any atom is 0.416 e. The molecule has 20 heavy (non-hydrogen) atoms. The van der Waals surface area contributed by atoms with Crippen LogP contribution in [0.25, 0.3) is 0 Å². The second kappa shape index (κ2) is 4.94. The van der Waals surface area contributed by atoms with Crippen molar-refractivity contribution in [2.75, 3.05) is 0 Å². The van der Waals surface area contributed by atoms with Gasteiger partial charge in [0, 0.05) is 6.42 Å². The minimum absolute atomic E-state index is 0.0270. The van der Waals surface area contributed by atoms with Crippen molar-refractivity contribution < 1.29 is 17.9 Å². The first-order valence-corrected chi connectivity index (χ1v) is 6.40. The molecule has 0 N–H and O–H groups in total. The molecule has 0 saturated carbocycles. The third-order valence-corrected chi connectivity index (χ3v) is 3.40. The van der Waals surface area contributed by atoms with E-state index in [1.807, 2.05) is 30.3 Å². The van der Waals surface area contributed by atoms with Gasteiger partial charge in [-0.05, 0) is 23.3 Å². The monoisotopic (exact) mass is 278 g/mol. The number of rotatable bonds is 3. The van der Waals surface area contributed by atoms with E-state index in [1.54, 1.807) is 6.07 Å². The summed E-state index contributed by atoms with van der Waals surface area (Å²) in [6, 6.07) is 15.2. The van der Waals surface area contributed by atoms with Crippen molar-refractivity contribution in [3.05, 3.63) is 71.3 Å². The predicted octanol–water partition coefficient (Wildman–Crippen LogP) is 4.39. The Morgan fingerprint density at radius 3 is 2.40 bits per heavy atom. The number of hydrogen-bond acceptors (Lipinski definition) is 1. The Balaban J connectivity index is 1.70. The van der Waals surface area contributed by atoms with Crippen LogP contribution in [0.1, 0.15) is 22.8 Å². The van der Waals surface area contributed by atoms with Gasteiger partial charge in [-0.25, -0.2) is 0 Å². The van der Waals surface area contributed by atoms with Gasteiger partial charge in [0.2, 0.25) is 0 Å². The lowest BCUT2D eigenvalue weighted by molar-refractivity contribution is -0.137. The van der Waals surface area contributed by atoms with E-state index in [2.05, 4.69) is 0 Å². The molecule has 0 bridgehead atoms. The van der Waals surface area contributed by atoms with Crippen molar-refractivity contribution in [2.45, 2.75) is 24.8 Å². The Kier molecular flexibility index (Phi) is 3.26. The molecule has 1 nitrogen and oxygen atoms in total. The summed E-state index contributed by atoms with van der Waals surface area (Å²) in [4.78, 5) is 0. The zero-order valence-electron chi connectivity index (χ0n) is 10.6. The van der Waals surface area contributed by atoms with Gasteiger partial charge in [0.05, 0.1) is 11.7 Å². The second-order valence-electron chi connectivity index (χ2n) is 4.91. The average Bonchev–Trinajstić information content (AvgIpc) is 3.18. The smallest absolute Gasteiger partial charge is 0.364 e. The van der Waals surface area contributed by atoms with E-state index in [0.717, 1.165) is 18.1 Å². The van der Waals surface area contributed by atoms with Crippen LogP contribution in [0.5, 0.6) is 0 Å². The van der Waals surface area contributed by atoms with E-state index < -0.39 is 11.7 Å². The zero-order valence-corrected chi connectivity index (χ0v) is 10.6. The maximum atomic E-state index is 12.7. The predicted molar refractivity (Wildman–Crippen MR) is 69.2 cm³/mol. The summed E-state index contributed by atoms with van der Waals surface area (Å²) >= 11 is 0. The Morgan fingerprint density at radius 2 is 1.70 bits per heavy atom. The number of hydrogen-bond donors (Lipinski definition) is 0. The molecule has 2 aromatic carbocycles. The van der Waals surface area contributed by atoms with Gasteiger partial charge in [-0.3, -0.25) is 0 Å². The van der Waals surface area contributed by atoms with Crippen molar-refractivity contribution in [1.82, 2.24) is 0 Å². The molecule has 1 fully saturated rings. The van der Waals surface area contributed by atoms with Gasteiger partial charge in [-0.1, -0.05) is 42.5 Å². The summed E-state index contributed by atoms with van der Waals surface area (Å²) in [5.41, 5.74) is 1.11. The van der Waals surface area contributed by atoms with Crippen LogP contribution >= 0.6 is 0 Å². The van der Waals surface area contributed by atoms with E-state index in [-0.39, 0.29) is 12.2 Å². The molecule has 0 spiro atoms. The summed E-state index contributed by atoms with van der Waals surface area (Å²) in [6.07, 6.45) is -3.83. The highest BCUT2D eigenvalue weighted by Gasteiger charge is 2.41. The number of benzene rings is 2. The largest absolute Gasteiger partial charge is 0.416 e. The second-order valence-corrected chi connectivity index (χ2v) is 4.91. The summed E-state index contributed by atoms with van der Waals surface area (Å²) in [5, 5.41) is 0. The highest BCUT2D eigenvalue weighted by atomic mass is 19.4. The topological polar surface area (TPSA) is 12.5 Å². The first-order valence-electron chi connectivity index (χ1n) is 6.40. The Hall–Kier alpha value is -1.81. The summed E-state index contributed by atoms with van der Waals surface area (Å²) < 4.78 is 43.5. The Morgan fingerprint density at radius 1 is 0.950 bits per heavy atom. The molecule has 104 valence electrons. The molecular weight excluding hydrogens is 265 g/mol. The van der Waals surface area contributed by atoms with E-state index in [9.17, 15) is 13.2 Å². The molecule has 1 heterocycles. The highest BCUT2D eigenvalue weighted by molar-refractivity contribution is 5.31. The molecule has 0 aliphatic carbocycles. The van der Waals surface area contributed by atoms with Gasteiger partial charge in [0.25, 0.3) is 0 Å². The van der Waals surface area contributed by atoms with E-state index >= 15 is 0 Å². The standard InChI is InChI=1S/C16H13F3O/c17-16(18,19)13-8-4-7-12(10-13)15-14(20-15)9-11-5-2-1-3-6-11/h1-8,10,14-15H,9H2. The van der Waals surface area contributed by atoms with Crippen LogP contribution in [-0.4, -0.2) is 6.10 Å². The molecule has 0 aromatic heterocycles. The highest BCUT2D eigenvalue weighted by Crippen LogP contribution is 2.42. The molecular formula is C16H13F3O. The van der Waals surface area contributed by atoms with Crippen LogP contribution in [0.4, 0.5) is 13.2 Å². The molecule has 1 aliphatic heterocycles. The number of ether oxygens (including phenoxy) is 1. The van der Waals surface area contributed by atoms with Gasteiger partial charge < -0.3 is 4.74 Å². The van der Waals surface area contributed by atoms with E-state index in [1.165, 1.54) is 12.1 Å². The molecule has 0 radical (unpaired) electrons. The quantitative estimate of drug-likeness (QED) is 0.759. The summed E-state index contributed by atoms with van der Waals surface area (Å²) in [6.45, 7) is 0. The van der Waals surface area contributed by atoms with Crippen LogP contribution in [0.3, 0.4) is 0 Å². The SMILES string of the molecule is FC(F)(F)c1cccc(C2OC2Cc2ccccc2)c1. The molecule has 1 saturated heterocycles. The molecule has 2 aromatic rings. The molecule has 2 unspecified atom stereocenters. The maximum absolute atomic E-state index is 12.7. The fourth-order valence-corrected chi connectivity index (χ4v) is 2.33. The van der Waals surface area contributed by atoms with E-state index in [4.69, 9.17) is 4.74 Å². The summed E-state index contributed by atoms with van der Waals surface area (Å²) in [7, 11) is 0. The van der Waals surface area contributed by atoms with Gasteiger partial charge in [0.1, 0.15) is 6.10 Å². The van der Waals surface area contributed by atoms with Crippen LogP contribution in [0.2, 0.25) is 0 Å². The molecule has 4 heteroatoms. The van der Waals surface area contributed by atoms with Crippen molar-refractivity contribution in [3.8, 4) is 0 Å². The van der Waals surface area contributed by atoms with Gasteiger partial charge in [-0.15, -0.1) is 0 Å². The number of epoxide rings is 1. The van der Waals surface area contributed by atoms with Crippen molar-refractivity contribution in [3.63, 3.8) is 0 Å². The molecule has 3 rings (SSSR count). The molecule has 0 amide bonds. The third kappa shape index (κ3) is 2.85. The molecule has 2 atom stereocenters. The fourth-order valence-electron chi connectivity index (χ4n) is 2.33. The third-order valence-electron chi connectivity index (χ3n) is 3.40. The minimum atomic E-state index is -4.31. The van der Waals surface area contributed by atoms with Crippen LogP contribution in [0, 0.1) is 0 Å².